The molecule has 1 saturated carbocycles. The predicted molar refractivity (Wildman–Crippen MR) is 91.9 cm³/mol. The molecule has 0 bridgehead atoms. The highest BCUT2D eigenvalue weighted by atomic mass is 32.1. The van der Waals surface area contributed by atoms with Crippen LogP contribution in [-0.2, 0) is 11.8 Å². The van der Waals surface area contributed by atoms with Crippen LogP contribution in [-0.4, -0.2) is 23.1 Å². The van der Waals surface area contributed by atoms with Gasteiger partial charge in [0, 0.05) is 24.9 Å². The molecule has 0 aliphatic heterocycles. The Morgan fingerprint density at radius 3 is 2.79 bits per heavy atom. The minimum Gasteiger partial charge on any atom is -0.462 e. The Morgan fingerprint density at radius 2 is 2.17 bits per heavy atom. The van der Waals surface area contributed by atoms with Gasteiger partial charge in [0.05, 0.1) is 12.2 Å². The Balaban J connectivity index is 1.89. The first-order valence-electron chi connectivity index (χ1n) is 7.77. The van der Waals surface area contributed by atoms with E-state index in [4.69, 9.17) is 4.74 Å². The first-order chi connectivity index (χ1) is 11.5. The lowest BCUT2D eigenvalue weighted by molar-refractivity contribution is 0.0527. The van der Waals surface area contributed by atoms with E-state index in [1.807, 2.05) is 5.38 Å². The molecule has 0 unspecified atom stereocenters. The molecule has 6 nitrogen and oxygen atoms in total. The average Bonchev–Trinajstić information content (AvgIpc) is 3.31. The monoisotopic (exact) mass is 346 g/mol. The van der Waals surface area contributed by atoms with Gasteiger partial charge in [0.1, 0.15) is 5.00 Å². The summed E-state index contributed by atoms with van der Waals surface area (Å²) >= 11 is 1.31. The Morgan fingerprint density at radius 1 is 1.42 bits per heavy atom. The first kappa shape index (κ1) is 16.4. The zero-order valence-electron chi connectivity index (χ0n) is 13.5. The number of nitrogens with zero attached hydrogens (tertiary/aromatic N) is 1. The van der Waals surface area contributed by atoms with Crippen LogP contribution in [0.25, 0.3) is 0 Å². The summed E-state index contributed by atoms with van der Waals surface area (Å²) < 4.78 is 6.52. The van der Waals surface area contributed by atoms with Crippen molar-refractivity contribution in [3.8, 4) is 0 Å². The molecular formula is C17H18N2O4S. The van der Waals surface area contributed by atoms with Gasteiger partial charge < -0.3 is 14.6 Å². The van der Waals surface area contributed by atoms with Crippen molar-refractivity contribution in [3.63, 3.8) is 0 Å². The van der Waals surface area contributed by atoms with Crippen LogP contribution >= 0.6 is 11.3 Å². The van der Waals surface area contributed by atoms with Crippen LogP contribution in [0.1, 0.15) is 52.0 Å². The van der Waals surface area contributed by atoms with Crippen LogP contribution in [0.3, 0.4) is 0 Å². The number of anilines is 1. The summed E-state index contributed by atoms with van der Waals surface area (Å²) in [5, 5.41) is 5.13. The molecule has 0 atom stereocenters. The standard InChI is InChI=1S/C17H18N2O4S/c1-3-23-17(22)14-12(10-4-5-10)9-24-16(14)18-15(21)11-6-7-19(2)13(20)8-11/h6-10H,3-5H2,1-2H3,(H,18,21). The number of aromatic nitrogens is 1. The highest BCUT2D eigenvalue weighted by molar-refractivity contribution is 7.15. The molecule has 0 radical (unpaired) electrons. The lowest BCUT2D eigenvalue weighted by Gasteiger charge is -2.08. The number of nitrogens with one attached hydrogen (secondary N) is 1. The van der Waals surface area contributed by atoms with Crippen LogP contribution in [0.4, 0.5) is 5.00 Å². The molecule has 0 spiro atoms. The molecule has 0 aromatic carbocycles. The minimum atomic E-state index is -0.417. The molecule has 0 saturated heterocycles. The molecule has 1 amide bonds. The summed E-state index contributed by atoms with van der Waals surface area (Å²) in [6, 6.07) is 2.84. The number of pyridine rings is 1. The number of rotatable bonds is 5. The van der Waals surface area contributed by atoms with E-state index in [2.05, 4.69) is 5.32 Å². The second-order valence-corrected chi connectivity index (χ2v) is 6.59. The number of esters is 1. The third-order valence-electron chi connectivity index (χ3n) is 3.91. The second kappa shape index (κ2) is 6.60. The Bertz CT molecular complexity index is 849. The number of ether oxygens (including phenoxy) is 1. The van der Waals surface area contributed by atoms with E-state index in [0.717, 1.165) is 18.4 Å². The maximum atomic E-state index is 12.4. The van der Waals surface area contributed by atoms with Gasteiger partial charge in [0.25, 0.3) is 11.5 Å². The Hall–Kier alpha value is -2.41. The summed E-state index contributed by atoms with van der Waals surface area (Å²) in [6.45, 7) is 2.03. The van der Waals surface area contributed by atoms with Gasteiger partial charge in [-0.05, 0) is 42.7 Å². The summed E-state index contributed by atoms with van der Waals surface area (Å²) in [5.74, 6) is -0.460. The van der Waals surface area contributed by atoms with Crippen molar-refractivity contribution < 1.29 is 14.3 Å². The Kier molecular flexibility index (Phi) is 4.53. The lowest BCUT2D eigenvalue weighted by Crippen LogP contribution is -2.20. The minimum absolute atomic E-state index is 0.259. The normalized spacial score (nSPS) is 13.6. The van der Waals surface area contributed by atoms with Gasteiger partial charge in [-0.25, -0.2) is 4.79 Å². The smallest absolute Gasteiger partial charge is 0.341 e. The highest BCUT2D eigenvalue weighted by Gasteiger charge is 2.32. The van der Waals surface area contributed by atoms with Crippen molar-refractivity contribution in [2.24, 2.45) is 7.05 Å². The SMILES string of the molecule is CCOC(=O)c1c(C2CC2)csc1NC(=O)c1ccn(C)c(=O)c1. The maximum absolute atomic E-state index is 12.4. The summed E-state index contributed by atoms with van der Waals surface area (Å²) in [6.07, 6.45) is 3.63. The van der Waals surface area contributed by atoms with Crippen molar-refractivity contribution in [2.45, 2.75) is 25.7 Å². The van der Waals surface area contributed by atoms with Gasteiger partial charge in [-0.2, -0.15) is 0 Å². The van der Waals surface area contributed by atoms with Gasteiger partial charge in [0.15, 0.2) is 0 Å². The van der Waals surface area contributed by atoms with Crippen LogP contribution in [0.5, 0.6) is 0 Å². The van der Waals surface area contributed by atoms with E-state index in [0.29, 0.717) is 16.5 Å². The van der Waals surface area contributed by atoms with Crippen LogP contribution in [0, 0.1) is 0 Å². The van der Waals surface area contributed by atoms with E-state index >= 15 is 0 Å². The van der Waals surface area contributed by atoms with Gasteiger partial charge in [0.2, 0.25) is 0 Å². The molecular weight excluding hydrogens is 328 g/mol. The number of thiophene rings is 1. The fraction of sp³-hybridized carbons (Fsp3) is 0.353. The Labute approximate surface area is 143 Å². The fourth-order valence-electron chi connectivity index (χ4n) is 2.44. The molecule has 3 rings (SSSR count). The first-order valence-corrected chi connectivity index (χ1v) is 8.65. The van der Waals surface area contributed by atoms with E-state index in [-0.39, 0.29) is 17.7 Å². The van der Waals surface area contributed by atoms with E-state index in [1.165, 1.54) is 28.2 Å². The largest absolute Gasteiger partial charge is 0.462 e. The molecule has 2 aromatic heterocycles. The van der Waals surface area contributed by atoms with Gasteiger partial charge >= 0.3 is 5.97 Å². The van der Waals surface area contributed by atoms with Crippen molar-refractivity contribution in [1.82, 2.24) is 4.57 Å². The van der Waals surface area contributed by atoms with Crippen LogP contribution in [0.2, 0.25) is 0 Å². The molecule has 1 aliphatic rings. The second-order valence-electron chi connectivity index (χ2n) is 5.71. The number of carbonyl (C=O) groups is 2. The van der Waals surface area contributed by atoms with Crippen molar-refractivity contribution in [1.29, 1.82) is 0 Å². The van der Waals surface area contributed by atoms with Crippen molar-refractivity contribution in [3.05, 3.63) is 50.8 Å². The molecule has 126 valence electrons. The topological polar surface area (TPSA) is 77.4 Å². The van der Waals surface area contributed by atoms with Gasteiger partial charge in [-0.3, -0.25) is 9.59 Å². The van der Waals surface area contributed by atoms with Gasteiger partial charge in [-0.15, -0.1) is 11.3 Å². The van der Waals surface area contributed by atoms with Crippen LogP contribution < -0.4 is 10.9 Å². The quantitative estimate of drug-likeness (QED) is 0.845. The van der Waals surface area contributed by atoms with Crippen LogP contribution in [0.15, 0.2) is 28.5 Å². The highest BCUT2D eigenvalue weighted by Crippen LogP contribution is 2.46. The maximum Gasteiger partial charge on any atom is 0.341 e. The molecule has 1 aliphatic carbocycles. The molecule has 1 fully saturated rings. The number of amides is 1. The molecule has 7 heteroatoms. The van der Waals surface area contributed by atoms with E-state index in [1.54, 1.807) is 20.0 Å². The predicted octanol–water partition coefficient (Wildman–Crippen LogP) is 2.75. The van der Waals surface area contributed by atoms with Gasteiger partial charge in [-0.1, -0.05) is 0 Å². The molecule has 1 N–H and O–H groups in total. The number of aryl methyl sites for hydroxylation is 1. The van der Waals surface area contributed by atoms with Crippen molar-refractivity contribution in [2.75, 3.05) is 11.9 Å². The zero-order chi connectivity index (χ0) is 17.3. The number of hydrogen-bond acceptors (Lipinski definition) is 5. The number of hydrogen-bond donors (Lipinski definition) is 1. The third kappa shape index (κ3) is 3.26. The zero-order valence-corrected chi connectivity index (χ0v) is 14.3. The van der Waals surface area contributed by atoms with E-state index < -0.39 is 11.9 Å². The molecule has 2 aromatic rings. The average molecular weight is 346 g/mol. The number of carbonyl (C=O) groups excluding carboxylic acids is 2. The lowest BCUT2D eigenvalue weighted by atomic mass is 10.1. The summed E-state index contributed by atoms with van der Waals surface area (Å²) in [4.78, 5) is 36.3. The molecule has 24 heavy (non-hydrogen) atoms. The van der Waals surface area contributed by atoms with E-state index in [9.17, 15) is 14.4 Å². The third-order valence-corrected chi connectivity index (χ3v) is 4.82. The summed E-state index contributed by atoms with van der Waals surface area (Å²) in [5.41, 5.74) is 1.38. The van der Waals surface area contributed by atoms with Crippen molar-refractivity contribution >= 4 is 28.2 Å². The fourth-order valence-corrected chi connectivity index (χ4v) is 3.46. The summed E-state index contributed by atoms with van der Waals surface area (Å²) in [7, 11) is 1.62. The molecule has 2 heterocycles.